The van der Waals surface area contributed by atoms with Crippen LogP contribution in [0.25, 0.3) is 0 Å². The predicted molar refractivity (Wildman–Crippen MR) is 55.1 cm³/mol. The third kappa shape index (κ3) is 3.64. The molecular weight excluding hydrogens is 180 g/mol. The SMILES string of the molecule is CNC(C)CNC(=O)C1CCCOC1. The van der Waals surface area contributed by atoms with Gasteiger partial charge >= 0.3 is 0 Å². The lowest BCUT2D eigenvalue weighted by molar-refractivity contribution is -0.129. The monoisotopic (exact) mass is 200 g/mol. The van der Waals surface area contributed by atoms with E-state index in [-0.39, 0.29) is 11.8 Å². The minimum Gasteiger partial charge on any atom is -0.381 e. The maximum Gasteiger partial charge on any atom is 0.225 e. The number of rotatable bonds is 4. The maximum atomic E-state index is 11.6. The van der Waals surface area contributed by atoms with Crippen molar-refractivity contribution >= 4 is 5.91 Å². The van der Waals surface area contributed by atoms with Gasteiger partial charge in [0.2, 0.25) is 5.91 Å². The first-order chi connectivity index (χ1) is 6.74. The Kier molecular flexibility index (Phi) is 4.90. The Morgan fingerprint density at radius 1 is 1.64 bits per heavy atom. The van der Waals surface area contributed by atoms with E-state index >= 15 is 0 Å². The number of ether oxygens (including phenoxy) is 1. The minimum atomic E-state index is 0.0628. The molecule has 82 valence electrons. The quantitative estimate of drug-likeness (QED) is 0.678. The third-order valence-electron chi connectivity index (χ3n) is 2.61. The van der Waals surface area contributed by atoms with E-state index in [0.29, 0.717) is 19.2 Å². The maximum absolute atomic E-state index is 11.6. The van der Waals surface area contributed by atoms with Gasteiger partial charge in [0.15, 0.2) is 0 Å². The first kappa shape index (κ1) is 11.5. The molecule has 1 fully saturated rings. The molecule has 0 spiro atoms. The number of nitrogens with one attached hydrogen (secondary N) is 2. The molecule has 14 heavy (non-hydrogen) atoms. The summed E-state index contributed by atoms with van der Waals surface area (Å²) in [6, 6.07) is 0.323. The van der Waals surface area contributed by atoms with Gasteiger partial charge in [-0.2, -0.15) is 0 Å². The summed E-state index contributed by atoms with van der Waals surface area (Å²) in [4.78, 5) is 11.6. The number of hydrogen-bond acceptors (Lipinski definition) is 3. The van der Waals surface area contributed by atoms with E-state index < -0.39 is 0 Å². The number of carbonyl (C=O) groups is 1. The molecule has 1 saturated heterocycles. The molecule has 0 aromatic rings. The third-order valence-corrected chi connectivity index (χ3v) is 2.61. The van der Waals surface area contributed by atoms with Crippen LogP contribution >= 0.6 is 0 Å². The van der Waals surface area contributed by atoms with Crippen LogP contribution in [0.5, 0.6) is 0 Å². The van der Waals surface area contributed by atoms with Gasteiger partial charge in [0, 0.05) is 19.2 Å². The Labute approximate surface area is 85.4 Å². The molecule has 2 unspecified atom stereocenters. The van der Waals surface area contributed by atoms with Crippen molar-refractivity contribution in [1.82, 2.24) is 10.6 Å². The van der Waals surface area contributed by atoms with Crippen molar-refractivity contribution in [2.45, 2.75) is 25.8 Å². The average molecular weight is 200 g/mol. The summed E-state index contributed by atoms with van der Waals surface area (Å²) in [5, 5.41) is 6.00. The number of carbonyl (C=O) groups excluding carboxylic acids is 1. The highest BCUT2D eigenvalue weighted by Gasteiger charge is 2.21. The van der Waals surface area contributed by atoms with Crippen LogP contribution in [-0.2, 0) is 9.53 Å². The molecule has 0 aliphatic carbocycles. The van der Waals surface area contributed by atoms with Gasteiger partial charge in [-0.1, -0.05) is 0 Å². The number of likely N-dealkylation sites (N-methyl/N-ethyl adjacent to an activating group) is 1. The van der Waals surface area contributed by atoms with Crippen molar-refractivity contribution in [2.24, 2.45) is 5.92 Å². The highest BCUT2D eigenvalue weighted by atomic mass is 16.5. The van der Waals surface area contributed by atoms with E-state index in [9.17, 15) is 4.79 Å². The second-order valence-electron chi connectivity index (χ2n) is 3.85. The van der Waals surface area contributed by atoms with Crippen LogP contribution in [0.3, 0.4) is 0 Å². The van der Waals surface area contributed by atoms with Crippen LogP contribution in [-0.4, -0.2) is 38.8 Å². The molecule has 4 heteroatoms. The molecule has 0 aromatic heterocycles. The Morgan fingerprint density at radius 2 is 2.43 bits per heavy atom. The predicted octanol–water partition coefficient (Wildman–Crippen LogP) is 0.137. The van der Waals surface area contributed by atoms with Crippen molar-refractivity contribution in [3.05, 3.63) is 0 Å². The zero-order valence-corrected chi connectivity index (χ0v) is 9.01. The van der Waals surface area contributed by atoms with E-state index in [0.717, 1.165) is 19.4 Å². The average Bonchev–Trinajstić information content (AvgIpc) is 2.26. The van der Waals surface area contributed by atoms with E-state index in [1.807, 2.05) is 14.0 Å². The normalized spacial score (nSPS) is 24.3. The second kappa shape index (κ2) is 5.98. The van der Waals surface area contributed by atoms with Crippen molar-refractivity contribution < 1.29 is 9.53 Å². The van der Waals surface area contributed by atoms with Gasteiger partial charge in [0.25, 0.3) is 0 Å². The number of hydrogen-bond donors (Lipinski definition) is 2. The Morgan fingerprint density at radius 3 is 3.00 bits per heavy atom. The molecular formula is C10H20N2O2. The molecule has 4 nitrogen and oxygen atoms in total. The van der Waals surface area contributed by atoms with Gasteiger partial charge in [-0.25, -0.2) is 0 Å². The fourth-order valence-corrected chi connectivity index (χ4v) is 1.45. The fourth-order valence-electron chi connectivity index (χ4n) is 1.45. The van der Waals surface area contributed by atoms with Gasteiger partial charge < -0.3 is 15.4 Å². The van der Waals surface area contributed by atoms with Crippen LogP contribution < -0.4 is 10.6 Å². The fraction of sp³-hybridized carbons (Fsp3) is 0.900. The Balaban J connectivity index is 2.19. The van der Waals surface area contributed by atoms with Crippen molar-refractivity contribution in [2.75, 3.05) is 26.8 Å². The van der Waals surface area contributed by atoms with Crippen molar-refractivity contribution in [1.29, 1.82) is 0 Å². The van der Waals surface area contributed by atoms with Gasteiger partial charge in [-0.15, -0.1) is 0 Å². The van der Waals surface area contributed by atoms with Gasteiger partial charge in [0.1, 0.15) is 0 Å². The molecule has 0 radical (unpaired) electrons. The summed E-state index contributed by atoms with van der Waals surface area (Å²) < 4.78 is 5.26. The van der Waals surface area contributed by atoms with E-state index in [1.165, 1.54) is 0 Å². The molecule has 1 heterocycles. The van der Waals surface area contributed by atoms with Crippen LogP contribution in [0.4, 0.5) is 0 Å². The molecule has 2 atom stereocenters. The first-order valence-corrected chi connectivity index (χ1v) is 5.26. The zero-order valence-electron chi connectivity index (χ0n) is 9.01. The largest absolute Gasteiger partial charge is 0.381 e. The lowest BCUT2D eigenvalue weighted by Crippen LogP contribution is -2.41. The summed E-state index contributed by atoms with van der Waals surface area (Å²) in [6.45, 7) is 4.11. The number of amides is 1. The van der Waals surface area contributed by atoms with E-state index in [1.54, 1.807) is 0 Å². The Hall–Kier alpha value is -0.610. The summed E-state index contributed by atoms with van der Waals surface area (Å²) in [5.74, 6) is 0.194. The standard InChI is InChI=1S/C10H20N2O2/c1-8(11-2)6-12-10(13)9-4-3-5-14-7-9/h8-9,11H,3-7H2,1-2H3,(H,12,13). The van der Waals surface area contributed by atoms with Gasteiger partial charge in [0.05, 0.1) is 12.5 Å². The van der Waals surface area contributed by atoms with Crippen LogP contribution in [0.2, 0.25) is 0 Å². The lowest BCUT2D eigenvalue weighted by Gasteiger charge is -2.22. The lowest BCUT2D eigenvalue weighted by atomic mass is 10.0. The van der Waals surface area contributed by atoms with E-state index in [2.05, 4.69) is 10.6 Å². The Bertz CT molecular complexity index is 179. The molecule has 1 aliphatic heterocycles. The van der Waals surface area contributed by atoms with Crippen molar-refractivity contribution in [3.63, 3.8) is 0 Å². The topological polar surface area (TPSA) is 50.4 Å². The van der Waals surface area contributed by atoms with Crippen LogP contribution in [0.15, 0.2) is 0 Å². The van der Waals surface area contributed by atoms with Gasteiger partial charge in [-0.3, -0.25) is 4.79 Å². The summed E-state index contributed by atoms with van der Waals surface area (Å²) in [6.07, 6.45) is 1.96. The minimum absolute atomic E-state index is 0.0628. The van der Waals surface area contributed by atoms with Crippen LogP contribution in [0, 0.1) is 5.92 Å². The molecule has 1 rings (SSSR count). The highest BCUT2D eigenvalue weighted by Crippen LogP contribution is 2.13. The van der Waals surface area contributed by atoms with E-state index in [4.69, 9.17) is 4.74 Å². The second-order valence-corrected chi connectivity index (χ2v) is 3.85. The summed E-state index contributed by atoms with van der Waals surface area (Å²) in [7, 11) is 1.89. The molecule has 1 aliphatic rings. The first-order valence-electron chi connectivity index (χ1n) is 5.26. The smallest absolute Gasteiger partial charge is 0.225 e. The molecule has 1 amide bonds. The molecule has 0 saturated carbocycles. The van der Waals surface area contributed by atoms with Gasteiger partial charge in [-0.05, 0) is 26.8 Å². The zero-order chi connectivity index (χ0) is 10.4. The van der Waals surface area contributed by atoms with Crippen LogP contribution in [0.1, 0.15) is 19.8 Å². The summed E-state index contributed by atoms with van der Waals surface area (Å²) >= 11 is 0. The highest BCUT2D eigenvalue weighted by molar-refractivity contribution is 5.78. The molecule has 0 bridgehead atoms. The molecule has 2 N–H and O–H groups in total. The molecule has 0 aromatic carbocycles. The summed E-state index contributed by atoms with van der Waals surface area (Å²) in [5.41, 5.74) is 0. The van der Waals surface area contributed by atoms with Crippen molar-refractivity contribution in [3.8, 4) is 0 Å².